The Bertz CT molecular complexity index is 856. The van der Waals surface area contributed by atoms with Crippen LogP contribution in [0.3, 0.4) is 0 Å². The third kappa shape index (κ3) is 4.00. The van der Waals surface area contributed by atoms with Crippen molar-refractivity contribution in [2.24, 2.45) is 0 Å². The topological polar surface area (TPSA) is 59.0 Å². The van der Waals surface area contributed by atoms with Crippen LogP contribution >= 0.6 is 0 Å². The molecule has 0 spiro atoms. The highest BCUT2D eigenvalue weighted by atomic mass is 16.2. The van der Waals surface area contributed by atoms with Gasteiger partial charge < -0.3 is 5.32 Å². The zero-order valence-electron chi connectivity index (χ0n) is 14.5. The lowest BCUT2D eigenvalue weighted by Gasteiger charge is -2.18. The third-order valence-electron chi connectivity index (χ3n) is 4.49. The standard InChI is InChI=1S/C21H22N4O/c26-21(24-18-11-12-18)20(17-7-3-1-4-8-17)22-13-16-14-23-25(15-16)19-9-5-2-6-10-19/h1-10,14-15,18,20,22H,11-13H2,(H,24,26). The molecule has 3 aromatic rings. The van der Waals surface area contributed by atoms with Gasteiger partial charge in [-0.2, -0.15) is 5.10 Å². The Morgan fingerprint density at radius 2 is 1.77 bits per heavy atom. The zero-order valence-corrected chi connectivity index (χ0v) is 14.5. The number of carbonyl (C=O) groups is 1. The zero-order chi connectivity index (χ0) is 17.8. The van der Waals surface area contributed by atoms with Gasteiger partial charge in [-0.25, -0.2) is 4.68 Å². The molecule has 0 radical (unpaired) electrons. The summed E-state index contributed by atoms with van der Waals surface area (Å²) in [5, 5.41) is 10.9. The lowest BCUT2D eigenvalue weighted by atomic mass is 10.1. The van der Waals surface area contributed by atoms with Gasteiger partial charge in [0.1, 0.15) is 6.04 Å². The fourth-order valence-corrected chi connectivity index (χ4v) is 2.91. The predicted octanol–water partition coefficient (Wildman–Crippen LogP) is 2.98. The van der Waals surface area contributed by atoms with Crippen molar-refractivity contribution in [3.8, 4) is 5.69 Å². The summed E-state index contributed by atoms with van der Waals surface area (Å²) in [6.07, 6.45) is 5.98. The minimum absolute atomic E-state index is 0.0363. The molecule has 1 aromatic heterocycles. The molecule has 0 bridgehead atoms. The van der Waals surface area contributed by atoms with Crippen molar-refractivity contribution in [3.05, 3.63) is 84.2 Å². The van der Waals surface area contributed by atoms with Crippen LogP contribution in [0.2, 0.25) is 0 Å². The molecule has 5 heteroatoms. The summed E-state index contributed by atoms with van der Waals surface area (Å²) in [7, 11) is 0. The van der Waals surface area contributed by atoms with E-state index in [4.69, 9.17) is 0 Å². The first-order valence-corrected chi connectivity index (χ1v) is 8.97. The summed E-state index contributed by atoms with van der Waals surface area (Å²) in [5.41, 5.74) is 3.03. The summed E-state index contributed by atoms with van der Waals surface area (Å²) in [6, 6.07) is 19.8. The first-order chi connectivity index (χ1) is 12.8. The van der Waals surface area contributed by atoms with Gasteiger partial charge in [-0.05, 0) is 30.5 Å². The lowest BCUT2D eigenvalue weighted by Crippen LogP contribution is -2.38. The molecule has 1 saturated carbocycles. The molecule has 1 atom stereocenters. The quantitative estimate of drug-likeness (QED) is 0.691. The van der Waals surface area contributed by atoms with Crippen LogP contribution in [0.1, 0.15) is 30.0 Å². The second kappa shape index (κ2) is 7.54. The SMILES string of the molecule is O=C(NC1CC1)C(NCc1cnn(-c2ccccc2)c1)c1ccccc1. The average molecular weight is 346 g/mol. The van der Waals surface area contributed by atoms with Gasteiger partial charge in [0, 0.05) is 24.3 Å². The number of aromatic nitrogens is 2. The number of nitrogens with one attached hydrogen (secondary N) is 2. The van der Waals surface area contributed by atoms with E-state index >= 15 is 0 Å². The molecule has 1 aliphatic rings. The van der Waals surface area contributed by atoms with Crippen LogP contribution in [0.5, 0.6) is 0 Å². The van der Waals surface area contributed by atoms with Crippen LogP contribution in [0, 0.1) is 0 Å². The van der Waals surface area contributed by atoms with E-state index in [0.717, 1.165) is 29.7 Å². The highest BCUT2D eigenvalue weighted by molar-refractivity contribution is 5.83. The summed E-state index contributed by atoms with van der Waals surface area (Å²) in [4.78, 5) is 12.6. The number of para-hydroxylation sites is 1. The van der Waals surface area contributed by atoms with Crippen LogP contribution in [0.15, 0.2) is 73.1 Å². The normalized spacial score (nSPS) is 14.8. The molecule has 1 amide bonds. The molecular formula is C21H22N4O. The molecule has 0 aliphatic heterocycles. The number of hydrogen-bond acceptors (Lipinski definition) is 3. The molecule has 2 aromatic carbocycles. The second-order valence-electron chi connectivity index (χ2n) is 6.64. The van der Waals surface area contributed by atoms with Gasteiger partial charge in [-0.3, -0.25) is 10.1 Å². The number of rotatable bonds is 7. The largest absolute Gasteiger partial charge is 0.352 e. The van der Waals surface area contributed by atoms with Gasteiger partial charge in [0.05, 0.1) is 11.9 Å². The first-order valence-electron chi connectivity index (χ1n) is 8.97. The van der Waals surface area contributed by atoms with Crippen LogP contribution in [0.4, 0.5) is 0 Å². The summed E-state index contributed by atoms with van der Waals surface area (Å²) < 4.78 is 1.85. The Morgan fingerprint density at radius 3 is 2.46 bits per heavy atom. The summed E-state index contributed by atoms with van der Waals surface area (Å²) in [6.45, 7) is 0.574. The smallest absolute Gasteiger partial charge is 0.241 e. The number of amides is 1. The number of hydrogen-bond donors (Lipinski definition) is 2. The van der Waals surface area contributed by atoms with Crippen LogP contribution in [-0.4, -0.2) is 21.7 Å². The van der Waals surface area contributed by atoms with Crippen molar-refractivity contribution >= 4 is 5.91 Å². The van der Waals surface area contributed by atoms with E-state index in [1.165, 1.54) is 0 Å². The minimum Gasteiger partial charge on any atom is -0.352 e. The minimum atomic E-state index is -0.364. The number of benzene rings is 2. The Balaban J connectivity index is 1.46. The molecule has 5 nitrogen and oxygen atoms in total. The van der Waals surface area contributed by atoms with Crippen LogP contribution in [-0.2, 0) is 11.3 Å². The fourth-order valence-electron chi connectivity index (χ4n) is 2.91. The lowest BCUT2D eigenvalue weighted by molar-refractivity contribution is -0.123. The van der Waals surface area contributed by atoms with Gasteiger partial charge in [0.2, 0.25) is 5.91 Å². The van der Waals surface area contributed by atoms with E-state index < -0.39 is 0 Å². The molecule has 4 rings (SSSR count). The van der Waals surface area contributed by atoms with Gasteiger partial charge in [0.25, 0.3) is 0 Å². The molecule has 132 valence electrons. The van der Waals surface area contributed by atoms with Gasteiger partial charge >= 0.3 is 0 Å². The van der Waals surface area contributed by atoms with Crippen molar-refractivity contribution in [1.82, 2.24) is 20.4 Å². The Morgan fingerprint density at radius 1 is 1.08 bits per heavy atom. The number of carbonyl (C=O) groups excluding carboxylic acids is 1. The molecular weight excluding hydrogens is 324 g/mol. The van der Waals surface area contributed by atoms with E-state index in [0.29, 0.717) is 12.6 Å². The summed E-state index contributed by atoms with van der Waals surface area (Å²) in [5.74, 6) is 0.0363. The Hall–Kier alpha value is -2.92. The number of nitrogens with zero attached hydrogens (tertiary/aromatic N) is 2. The van der Waals surface area contributed by atoms with E-state index in [2.05, 4.69) is 15.7 Å². The van der Waals surface area contributed by atoms with Crippen molar-refractivity contribution < 1.29 is 4.79 Å². The molecule has 1 aliphatic carbocycles. The van der Waals surface area contributed by atoms with E-state index in [1.807, 2.05) is 77.7 Å². The van der Waals surface area contributed by atoms with Gasteiger partial charge in [-0.15, -0.1) is 0 Å². The highest BCUT2D eigenvalue weighted by Gasteiger charge is 2.28. The van der Waals surface area contributed by atoms with E-state index in [1.54, 1.807) is 0 Å². The second-order valence-corrected chi connectivity index (χ2v) is 6.64. The maximum atomic E-state index is 12.6. The molecule has 0 saturated heterocycles. The fraction of sp³-hybridized carbons (Fsp3) is 0.238. The average Bonchev–Trinajstić information content (AvgIpc) is 3.37. The first kappa shape index (κ1) is 16.5. The van der Waals surface area contributed by atoms with E-state index in [-0.39, 0.29) is 11.9 Å². The predicted molar refractivity (Wildman–Crippen MR) is 101 cm³/mol. The maximum Gasteiger partial charge on any atom is 0.241 e. The molecule has 1 unspecified atom stereocenters. The molecule has 2 N–H and O–H groups in total. The van der Waals surface area contributed by atoms with Crippen LogP contribution < -0.4 is 10.6 Å². The highest BCUT2D eigenvalue weighted by Crippen LogP contribution is 2.21. The van der Waals surface area contributed by atoms with Crippen molar-refractivity contribution in [3.63, 3.8) is 0 Å². The molecule has 1 heterocycles. The van der Waals surface area contributed by atoms with Gasteiger partial charge in [-0.1, -0.05) is 48.5 Å². The Kier molecular flexibility index (Phi) is 4.80. The van der Waals surface area contributed by atoms with Gasteiger partial charge in [0.15, 0.2) is 0 Å². The monoisotopic (exact) mass is 346 g/mol. The third-order valence-corrected chi connectivity index (χ3v) is 4.49. The summed E-state index contributed by atoms with van der Waals surface area (Å²) >= 11 is 0. The van der Waals surface area contributed by atoms with Crippen molar-refractivity contribution in [2.45, 2.75) is 31.5 Å². The van der Waals surface area contributed by atoms with Crippen molar-refractivity contribution in [1.29, 1.82) is 0 Å². The van der Waals surface area contributed by atoms with E-state index in [9.17, 15) is 4.79 Å². The molecule has 1 fully saturated rings. The van der Waals surface area contributed by atoms with Crippen LogP contribution in [0.25, 0.3) is 5.69 Å². The molecule has 26 heavy (non-hydrogen) atoms. The maximum absolute atomic E-state index is 12.6. The van der Waals surface area contributed by atoms with Crippen molar-refractivity contribution in [2.75, 3.05) is 0 Å². The Labute approximate surface area is 153 Å².